The third kappa shape index (κ3) is 2.88. The van der Waals surface area contributed by atoms with Crippen LogP contribution in [0.1, 0.15) is 23.7 Å². The lowest BCUT2D eigenvalue weighted by Crippen LogP contribution is -2.15. The molecule has 1 amide bonds. The number of hydrogen-bond acceptors (Lipinski definition) is 4. The predicted octanol–water partition coefficient (Wildman–Crippen LogP) is 2.73. The summed E-state index contributed by atoms with van der Waals surface area (Å²) in [6.45, 7) is 2.02. The van der Waals surface area contributed by atoms with Crippen molar-refractivity contribution in [3.05, 3.63) is 22.7 Å². The standard InChI is InChI=1S/C14H16ClNO4/c1-7-4-8(7)13(17)16-11-6-12(19-2)9(5-10(11)15)14(18)20-3/h5-8H,4H2,1-3H3,(H,16,17)/t7-,8-/m0/s1. The predicted molar refractivity (Wildman–Crippen MR) is 75.2 cm³/mol. The van der Waals surface area contributed by atoms with Crippen molar-refractivity contribution in [3.63, 3.8) is 0 Å². The van der Waals surface area contributed by atoms with Crippen LogP contribution in [0, 0.1) is 11.8 Å². The molecule has 1 N–H and O–H groups in total. The van der Waals surface area contributed by atoms with Gasteiger partial charge in [0.15, 0.2) is 0 Å². The summed E-state index contributed by atoms with van der Waals surface area (Å²) in [6, 6.07) is 2.96. The molecule has 1 fully saturated rings. The summed E-state index contributed by atoms with van der Waals surface area (Å²) in [4.78, 5) is 23.5. The van der Waals surface area contributed by atoms with E-state index >= 15 is 0 Å². The van der Waals surface area contributed by atoms with Crippen molar-refractivity contribution in [2.75, 3.05) is 19.5 Å². The molecule has 5 nitrogen and oxygen atoms in total. The molecule has 1 saturated carbocycles. The third-order valence-electron chi connectivity index (χ3n) is 3.40. The van der Waals surface area contributed by atoms with Crippen LogP contribution in [0.25, 0.3) is 0 Å². The van der Waals surface area contributed by atoms with E-state index in [0.717, 1.165) is 6.42 Å². The number of amides is 1. The van der Waals surface area contributed by atoms with E-state index in [1.165, 1.54) is 26.4 Å². The topological polar surface area (TPSA) is 64.6 Å². The number of halogens is 1. The van der Waals surface area contributed by atoms with E-state index in [0.29, 0.717) is 17.4 Å². The first-order valence-corrected chi connectivity index (χ1v) is 6.62. The number of carbonyl (C=O) groups is 2. The molecule has 0 spiro atoms. The minimum atomic E-state index is -0.544. The lowest BCUT2D eigenvalue weighted by atomic mass is 10.1. The van der Waals surface area contributed by atoms with E-state index in [2.05, 4.69) is 10.1 Å². The van der Waals surface area contributed by atoms with Gasteiger partial charge in [-0.2, -0.15) is 0 Å². The lowest BCUT2D eigenvalue weighted by molar-refractivity contribution is -0.117. The van der Waals surface area contributed by atoms with Crippen LogP contribution >= 0.6 is 11.6 Å². The van der Waals surface area contributed by atoms with Crippen LogP contribution in [0.3, 0.4) is 0 Å². The summed E-state index contributed by atoms with van der Waals surface area (Å²) < 4.78 is 9.78. The fourth-order valence-electron chi connectivity index (χ4n) is 2.00. The maximum absolute atomic E-state index is 11.9. The molecule has 2 rings (SSSR count). The summed E-state index contributed by atoms with van der Waals surface area (Å²) in [5.41, 5.74) is 0.651. The van der Waals surface area contributed by atoms with Gasteiger partial charge in [-0.1, -0.05) is 18.5 Å². The Morgan fingerprint density at radius 1 is 1.35 bits per heavy atom. The van der Waals surface area contributed by atoms with Gasteiger partial charge in [-0.05, 0) is 18.4 Å². The number of methoxy groups -OCH3 is 2. The van der Waals surface area contributed by atoms with E-state index in [1.807, 2.05) is 6.92 Å². The number of ether oxygens (including phenoxy) is 2. The van der Waals surface area contributed by atoms with Crippen LogP contribution in [0.5, 0.6) is 5.75 Å². The van der Waals surface area contributed by atoms with Crippen molar-refractivity contribution < 1.29 is 19.1 Å². The van der Waals surface area contributed by atoms with Gasteiger partial charge in [-0.25, -0.2) is 4.79 Å². The van der Waals surface area contributed by atoms with Crippen LogP contribution < -0.4 is 10.1 Å². The average molecular weight is 298 g/mol. The minimum absolute atomic E-state index is 0.0392. The highest BCUT2D eigenvalue weighted by molar-refractivity contribution is 6.34. The van der Waals surface area contributed by atoms with Crippen molar-refractivity contribution in [2.45, 2.75) is 13.3 Å². The summed E-state index contributed by atoms with van der Waals surface area (Å²) in [7, 11) is 2.71. The highest BCUT2D eigenvalue weighted by Gasteiger charge is 2.39. The first-order valence-electron chi connectivity index (χ1n) is 6.24. The van der Waals surface area contributed by atoms with Gasteiger partial charge in [0, 0.05) is 12.0 Å². The Labute approximate surface area is 122 Å². The van der Waals surface area contributed by atoms with E-state index in [9.17, 15) is 9.59 Å². The number of benzene rings is 1. The highest BCUT2D eigenvalue weighted by atomic mass is 35.5. The average Bonchev–Trinajstić information content (AvgIpc) is 3.16. The second kappa shape index (κ2) is 5.71. The fourth-order valence-corrected chi connectivity index (χ4v) is 2.21. The molecule has 1 aliphatic rings. The molecule has 1 aliphatic carbocycles. The quantitative estimate of drug-likeness (QED) is 0.868. The molecule has 108 valence electrons. The van der Waals surface area contributed by atoms with Crippen molar-refractivity contribution in [2.24, 2.45) is 11.8 Å². The zero-order valence-corrected chi connectivity index (χ0v) is 12.3. The molecule has 0 unspecified atom stereocenters. The molecule has 6 heteroatoms. The van der Waals surface area contributed by atoms with Crippen LogP contribution in [0.2, 0.25) is 5.02 Å². The monoisotopic (exact) mass is 297 g/mol. The minimum Gasteiger partial charge on any atom is -0.496 e. The van der Waals surface area contributed by atoms with Crippen molar-refractivity contribution in [1.29, 1.82) is 0 Å². The number of nitrogens with one attached hydrogen (secondary N) is 1. The fraction of sp³-hybridized carbons (Fsp3) is 0.429. The summed E-state index contributed by atoms with van der Waals surface area (Å²) in [6.07, 6.45) is 0.890. The number of carbonyl (C=O) groups excluding carboxylic acids is 2. The lowest BCUT2D eigenvalue weighted by Gasteiger charge is -2.12. The van der Waals surface area contributed by atoms with E-state index in [-0.39, 0.29) is 22.4 Å². The largest absolute Gasteiger partial charge is 0.496 e. The molecule has 0 heterocycles. The van der Waals surface area contributed by atoms with Gasteiger partial charge in [0.25, 0.3) is 0 Å². The summed E-state index contributed by atoms with van der Waals surface area (Å²) >= 11 is 6.09. The third-order valence-corrected chi connectivity index (χ3v) is 3.71. The van der Waals surface area contributed by atoms with Crippen molar-refractivity contribution in [3.8, 4) is 5.75 Å². The van der Waals surface area contributed by atoms with Crippen LogP contribution in [0.15, 0.2) is 12.1 Å². The Hall–Kier alpha value is -1.75. The van der Waals surface area contributed by atoms with Crippen molar-refractivity contribution in [1.82, 2.24) is 0 Å². The Morgan fingerprint density at radius 3 is 2.50 bits per heavy atom. The maximum Gasteiger partial charge on any atom is 0.341 e. The number of anilines is 1. The molecule has 0 radical (unpaired) electrons. The van der Waals surface area contributed by atoms with Crippen LogP contribution in [-0.4, -0.2) is 26.1 Å². The molecule has 0 aromatic heterocycles. The Bertz CT molecular complexity index is 558. The molecule has 1 aromatic carbocycles. The second-order valence-corrected chi connectivity index (χ2v) is 5.24. The Morgan fingerprint density at radius 2 is 2.00 bits per heavy atom. The molecular formula is C14H16ClNO4. The van der Waals surface area contributed by atoms with E-state index in [1.54, 1.807) is 0 Å². The molecule has 0 saturated heterocycles. The number of esters is 1. The van der Waals surface area contributed by atoms with Gasteiger partial charge in [-0.15, -0.1) is 0 Å². The zero-order chi connectivity index (χ0) is 14.9. The van der Waals surface area contributed by atoms with Gasteiger partial charge >= 0.3 is 5.97 Å². The smallest absolute Gasteiger partial charge is 0.341 e. The molecule has 0 bridgehead atoms. The summed E-state index contributed by atoms with van der Waals surface area (Å²) in [5.74, 6) is 0.146. The molecule has 1 aromatic rings. The second-order valence-electron chi connectivity index (χ2n) is 4.83. The molecule has 0 aliphatic heterocycles. The zero-order valence-electron chi connectivity index (χ0n) is 11.5. The Balaban J connectivity index is 2.26. The SMILES string of the molecule is COC(=O)c1cc(Cl)c(NC(=O)[C@H]2C[C@@H]2C)cc1OC. The van der Waals surface area contributed by atoms with Crippen LogP contribution in [0.4, 0.5) is 5.69 Å². The van der Waals surface area contributed by atoms with Gasteiger partial charge in [0.1, 0.15) is 11.3 Å². The van der Waals surface area contributed by atoms with Gasteiger partial charge in [0.2, 0.25) is 5.91 Å². The summed E-state index contributed by atoms with van der Waals surface area (Å²) in [5, 5.41) is 3.03. The molecular weight excluding hydrogens is 282 g/mol. The Kier molecular flexibility index (Phi) is 4.18. The van der Waals surface area contributed by atoms with Gasteiger partial charge in [-0.3, -0.25) is 4.79 Å². The first kappa shape index (κ1) is 14.7. The molecule has 2 atom stereocenters. The highest BCUT2D eigenvalue weighted by Crippen LogP contribution is 2.39. The van der Waals surface area contributed by atoms with E-state index in [4.69, 9.17) is 16.3 Å². The number of hydrogen-bond donors (Lipinski definition) is 1. The normalized spacial score (nSPS) is 20.2. The maximum atomic E-state index is 11.9. The van der Waals surface area contributed by atoms with Crippen molar-refractivity contribution >= 4 is 29.2 Å². The van der Waals surface area contributed by atoms with E-state index < -0.39 is 5.97 Å². The number of rotatable bonds is 4. The van der Waals surface area contributed by atoms with Gasteiger partial charge in [0.05, 0.1) is 24.9 Å². The first-order chi connectivity index (χ1) is 9.47. The molecule has 20 heavy (non-hydrogen) atoms. The van der Waals surface area contributed by atoms with Crippen LogP contribution in [-0.2, 0) is 9.53 Å². The van der Waals surface area contributed by atoms with Gasteiger partial charge < -0.3 is 14.8 Å².